The first kappa shape index (κ1) is 11.5. The Morgan fingerprint density at radius 1 is 1.43 bits per heavy atom. The van der Waals surface area contributed by atoms with Gasteiger partial charge in [0.25, 0.3) is 0 Å². The van der Waals surface area contributed by atoms with Crippen molar-refractivity contribution >= 4 is 0 Å². The van der Waals surface area contributed by atoms with Crippen LogP contribution in [0.5, 0.6) is 0 Å². The highest BCUT2D eigenvalue weighted by atomic mass is 14.9. The molecule has 14 heavy (non-hydrogen) atoms. The highest BCUT2D eigenvalue weighted by Crippen LogP contribution is 2.29. The van der Waals surface area contributed by atoms with E-state index in [9.17, 15) is 0 Å². The zero-order valence-corrected chi connectivity index (χ0v) is 9.42. The van der Waals surface area contributed by atoms with Crippen molar-refractivity contribution < 1.29 is 0 Å². The monoisotopic (exact) mass is 194 g/mol. The average Bonchev–Trinajstić information content (AvgIpc) is 2.19. The van der Waals surface area contributed by atoms with Crippen molar-refractivity contribution in [2.24, 2.45) is 11.8 Å². The summed E-state index contributed by atoms with van der Waals surface area (Å²) in [7, 11) is 0. The lowest BCUT2D eigenvalue weighted by Gasteiger charge is -2.32. The third-order valence-electron chi connectivity index (χ3n) is 3.33. The lowest BCUT2D eigenvalue weighted by atomic mass is 9.79. The van der Waals surface area contributed by atoms with Crippen LogP contribution < -0.4 is 5.32 Å². The van der Waals surface area contributed by atoms with E-state index in [0.717, 1.165) is 18.4 Å². The molecule has 1 saturated carbocycles. The predicted octanol–water partition coefficient (Wildman–Crippen LogP) is 2.70. The van der Waals surface area contributed by atoms with Gasteiger partial charge in [-0.25, -0.2) is 0 Å². The maximum atomic E-state index is 8.45. The van der Waals surface area contributed by atoms with Crippen molar-refractivity contribution in [2.45, 2.75) is 52.0 Å². The molecule has 0 aromatic rings. The molecular formula is C12H22N2. The van der Waals surface area contributed by atoms with Gasteiger partial charge in [-0.2, -0.15) is 5.26 Å². The molecule has 0 radical (unpaired) electrons. The number of nitrogens with one attached hydrogen (secondary N) is 1. The first-order valence-electron chi connectivity index (χ1n) is 5.84. The van der Waals surface area contributed by atoms with E-state index in [1.165, 1.54) is 25.7 Å². The Kier molecular flexibility index (Phi) is 4.97. The molecule has 1 aliphatic carbocycles. The minimum absolute atomic E-state index is 0.642. The maximum absolute atomic E-state index is 8.45. The standard InChI is InChI=1S/C12H22N2/c1-10(2)11-5-3-6-12(9-11)14-8-4-7-13/h10-12,14H,3-6,8-9H2,1-2H3. The van der Waals surface area contributed by atoms with E-state index in [1.807, 2.05) is 0 Å². The lowest BCUT2D eigenvalue weighted by Crippen LogP contribution is -2.35. The van der Waals surface area contributed by atoms with Gasteiger partial charge in [0.15, 0.2) is 0 Å². The topological polar surface area (TPSA) is 35.8 Å². The fourth-order valence-electron chi connectivity index (χ4n) is 2.35. The van der Waals surface area contributed by atoms with Crippen molar-refractivity contribution in [1.82, 2.24) is 5.32 Å². The normalized spacial score (nSPS) is 27.6. The van der Waals surface area contributed by atoms with E-state index in [0.29, 0.717) is 12.5 Å². The fraction of sp³-hybridized carbons (Fsp3) is 0.917. The highest BCUT2D eigenvalue weighted by Gasteiger charge is 2.23. The van der Waals surface area contributed by atoms with Crippen LogP contribution in [-0.2, 0) is 0 Å². The number of nitriles is 1. The molecule has 1 N–H and O–H groups in total. The molecule has 2 nitrogen and oxygen atoms in total. The quantitative estimate of drug-likeness (QED) is 0.698. The summed E-state index contributed by atoms with van der Waals surface area (Å²) in [5, 5.41) is 11.9. The van der Waals surface area contributed by atoms with Crippen LogP contribution >= 0.6 is 0 Å². The van der Waals surface area contributed by atoms with E-state index >= 15 is 0 Å². The van der Waals surface area contributed by atoms with Gasteiger partial charge in [-0.05, 0) is 24.7 Å². The summed E-state index contributed by atoms with van der Waals surface area (Å²) >= 11 is 0. The summed E-state index contributed by atoms with van der Waals surface area (Å²) in [6.45, 7) is 5.51. The van der Waals surface area contributed by atoms with Crippen molar-refractivity contribution in [3.05, 3.63) is 0 Å². The van der Waals surface area contributed by atoms with Crippen LogP contribution in [0.1, 0.15) is 46.0 Å². The molecule has 0 heterocycles. The van der Waals surface area contributed by atoms with Gasteiger partial charge in [-0.3, -0.25) is 0 Å². The molecule has 0 spiro atoms. The molecule has 0 saturated heterocycles. The number of rotatable bonds is 4. The lowest BCUT2D eigenvalue weighted by molar-refractivity contribution is 0.232. The number of hydrogen-bond donors (Lipinski definition) is 1. The molecule has 2 atom stereocenters. The summed E-state index contributed by atoms with van der Waals surface area (Å²) in [5.74, 6) is 1.71. The molecule has 0 bridgehead atoms. The summed E-state index contributed by atoms with van der Waals surface area (Å²) in [5.41, 5.74) is 0. The Bertz CT molecular complexity index is 193. The van der Waals surface area contributed by atoms with Gasteiger partial charge in [0.1, 0.15) is 0 Å². The zero-order valence-electron chi connectivity index (χ0n) is 9.42. The van der Waals surface area contributed by atoms with Crippen LogP contribution in [0.15, 0.2) is 0 Å². The van der Waals surface area contributed by atoms with Crippen molar-refractivity contribution in [3.63, 3.8) is 0 Å². The summed E-state index contributed by atoms with van der Waals surface area (Å²) in [6.07, 6.45) is 6.00. The molecule has 2 unspecified atom stereocenters. The van der Waals surface area contributed by atoms with Crippen LogP contribution in [0.2, 0.25) is 0 Å². The molecular weight excluding hydrogens is 172 g/mol. The molecule has 0 aliphatic heterocycles. The van der Waals surface area contributed by atoms with E-state index < -0.39 is 0 Å². The van der Waals surface area contributed by atoms with Crippen molar-refractivity contribution in [1.29, 1.82) is 5.26 Å². The molecule has 0 aromatic carbocycles. The molecule has 1 fully saturated rings. The molecule has 1 rings (SSSR count). The van der Waals surface area contributed by atoms with Gasteiger partial charge in [0.05, 0.1) is 6.07 Å². The summed E-state index contributed by atoms with van der Waals surface area (Å²) in [4.78, 5) is 0. The van der Waals surface area contributed by atoms with Gasteiger partial charge in [0, 0.05) is 19.0 Å². The van der Waals surface area contributed by atoms with Gasteiger partial charge in [-0.1, -0.05) is 26.7 Å². The second-order valence-electron chi connectivity index (χ2n) is 4.73. The van der Waals surface area contributed by atoms with E-state index in [-0.39, 0.29) is 0 Å². The average molecular weight is 194 g/mol. The van der Waals surface area contributed by atoms with Crippen LogP contribution in [0, 0.1) is 23.2 Å². The molecule has 80 valence electrons. The van der Waals surface area contributed by atoms with Crippen LogP contribution in [0.25, 0.3) is 0 Å². The number of hydrogen-bond acceptors (Lipinski definition) is 2. The minimum Gasteiger partial charge on any atom is -0.313 e. The van der Waals surface area contributed by atoms with Crippen molar-refractivity contribution in [2.75, 3.05) is 6.54 Å². The predicted molar refractivity (Wildman–Crippen MR) is 58.8 cm³/mol. The van der Waals surface area contributed by atoms with Crippen molar-refractivity contribution in [3.8, 4) is 6.07 Å². The Balaban J connectivity index is 2.23. The first-order chi connectivity index (χ1) is 6.74. The second-order valence-corrected chi connectivity index (χ2v) is 4.73. The third kappa shape index (κ3) is 3.67. The second kappa shape index (κ2) is 6.03. The van der Waals surface area contributed by atoms with Gasteiger partial charge in [0.2, 0.25) is 0 Å². The van der Waals surface area contributed by atoms with Gasteiger partial charge < -0.3 is 5.32 Å². The Morgan fingerprint density at radius 3 is 2.86 bits per heavy atom. The maximum Gasteiger partial charge on any atom is 0.0635 e. The van der Waals surface area contributed by atoms with Crippen LogP contribution in [-0.4, -0.2) is 12.6 Å². The fourth-order valence-corrected chi connectivity index (χ4v) is 2.35. The first-order valence-corrected chi connectivity index (χ1v) is 5.84. The minimum atomic E-state index is 0.642. The smallest absolute Gasteiger partial charge is 0.0635 e. The Labute approximate surface area is 87.7 Å². The summed E-state index contributed by atoms with van der Waals surface area (Å²) < 4.78 is 0. The Morgan fingerprint density at radius 2 is 2.21 bits per heavy atom. The largest absolute Gasteiger partial charge is 0.313 e. The van der Waals surface area contributed by atoms with Crippen LogP contribution in [0.3, 0.4) is 0 Å². The van der Waals surface area contributed by atoms with Crippen LogP contribution in [0.4, 0.5) is 0 Å². The molecule has 0 aromatic heterocycles. The molecule has 0 amide bonds. The number of nitrogens with zero attached hydrogens (tertiary/aromatic N) is 1. The summed E-state index contributed by atoms with van der Waals surface area (Å²) in [6, 6.07) is 2.85. The van der Waals surface area contributed by atoms with Gasteiger partial charge >= 0.3 is 0 Å². The van der Waals surface area contributed by atoms with E-state index in [1.54, 1.807) is 0 Å². The Hall–Kier alpha value is -0.550. The SMILES string of the molecule is CC(C)C1CCCC(NCCC#N)C1. The molecule has 1 aliphatic rings. The van der Waals surface area contributed by atoms with E-state index in [2.05, 4.69) is 25.2 Å². The van der Waals surface area contributed by atoms with Gasteiger partial charge in [-0.15, -0.1) is 0 Å². The molecule has 2 heteroatoms. The highest BCUT2D eigenvalue weighted by molar-refractivity contribution is 4.81. The third-order valence-corrected chi connectivity index (χ3v) is 3.33. The zero-order chi connectivity index (χ0) is 10.4. The van der Waals surface area contributed by atoms with E-state index in [4.69, 9.17) is 5.26 Å².